The number of pyridine rings is 2. The molecule has 20 heavy (non-hydrogen) atoms. The van der Waals surface area contributed by atoms with Gasteiger partial charge < -0.3 is 0 Å². The molecule has 0 N–H and O–H groups in total. The zero-order valence-corrected chi connectivity index (χ0v) is 11.0. The molecule has 0 aliphatic heterocycles. The number of nitrogens with zero attached hydrogens (tertiary/aromatic N) is 4. The van der Waals surface area contributed by atoms with Crippen molar-refractivity contribution >= 4 is 21.8 Å². The summed E-state index contributed by atoms with van der Waals surface area (Å²) in [5, 5.41) is 6.56. The molecule has 0 radical (unpaired) electrons. The molecule has 0 saturated heterocycles. The van der Waals surface area contributed by atoms with Gasteiger partial charge in [0.1, 0.15) is 0 Å². The first-order valence-electron chi connectivity index (χ1n) is 6.44. The van der Waals surface area contributed by atoms with Crippen LogP contribution in [0.15, 0.2) is 55.1 Å². The SMILES string of the molecule is Cn1ncc2c3cc(-c4cccnc4)ccc3ncc21. The molecule has 0 saturated carbocycles. The Kier molecular flexibility index (Phi) is 2.29. The van der Waals surface area contributed by atoms with Crippen LogP contribution in [0.1, 0.15) is 0 Å². The highest BCUT2D eigenvalue weighted by Crippen LogP contribution is 2.27. The van der Waals surface area contributed by atoms with Gasteiger partial charge in [0.05, 0.1) is 23.4 Å². The first-order valence-corrected chi connectivity index (χ1v) is 6.44. The molecule has 0 aliphatic carbocycles. The first kappa shape index (κ1) is 11.1. The van der Waals surface area contributed by atoms with Crippen LogP contribution in [0.5, 0.6) is 0 Å². The number of benzene rings is 1. The molecule has 0 bridgehead atoms. The molecule has 0 aliphatic rings. The lowest BCUT2D eigenvalue weighted by Crippen LogP contribution is -1.90. The second-order valence-electron chi connectivity index (χ2n) is 4.80. The number of fused-ring (bicyclic) bond motifs is 3. The Morgan fingerprint density at radius 2 is 1.90 bits per heavy atom. The average molecular weight is 260 g/mol. The molecular formula is C16H12N4. The lowest BCUT2D eigenvalue weighted by molar-refractivity contribution is 0.796. The standard InChI is InChI=1S/C16H12N4/c1-20-16-10-18-15-5-4-11(12-3-2-6-17-8-12)7-13(15)14(16)9-19-20/h2-10H,1H3. The van der Waals surface area contributed by atoms with E-state index in [-0.39, 0.29) is 0 Å². The Morgan fingerprint density at radius 1 is 0.950 bits per heavy atom. The van der Waals surface area contributed by atoms with E-state index < -0.39 is 0 Å². The normalized spacial score (nSPS) is 11.2. The Morgan fingerprint density at radius 3 is 2.75 bits per heavy atom. The highest BCUT2D eigenvalue weighted by Gasteiger charge is 2.07. The van der Waals surface area contributed by atoms with Crippen molar-refractivity contribution in [2.45, 2.75) is 0 Å². The fourth-order valence-corrected chi connectivity index (χ4v) is 2.52. The second kappa shape index (κ2) is 4.13. The van der Waals surface area contributed by atoms with E-state index in [4.69, 9.17) is 0 Å². The van der Waals surface area contributed by atoms with E-state index in [1.807, 2.05) is 42.5 Å². The number of aryl methyl sites for hydroxylation is 1. The van der Waals surface area contributed by atoms with Crippen molar-refractivity contribution in [2.24, 2.45) is 7.05 Å². The number of hydrogen-bond donors (Lipinski definition) is 0. The molecular weight excluding hydrogens is 248 g/mol. The van der Waals surface area contributed by atoms with Crippen LogP contribution in [0.3, 0.4) is 0 Å². The predicted octanol–water partition coefficient (Wildman–Crippen LogP) is 3.18. The third-order valence-electron chi connectivity index (χ3n) is 3.59. The van der Waals surface area contributed by atoms with Crippen LogP contribution in [0.2, 0.25) is 0 Å². The molecule has 96 valence electrons. The van der Waals surface area contributed by atoms with E-state index in [1.165, 1.54) is 0 Å². The molecule has 0 fully saturated rings. The maximum Gasteiger partial charge on any atom is 0.0868 e. The van der Waals surface area contributed by atoms with Crippen molar-refractivity contribution in [3.8, 4) is 11.1 Å². The summed E-state index contributed by atoms with van der Waals surface area (Å²) in [7, 11) is 1.93. The van der Waals surface area contributed by atoms with Gasteiger partial charge >= 0.3 is 0 Å². The quantitative estimate of drug-likeness (QED) is 0.528. The minimum Gasteiger partial charge on any atom is -0.266 e. The van der Waals surface area contributed by atoms with E-state index in [9.17, 15) is 0 Å². The van der Waals surface area contributed by atoms with Crippen molar-refractivity contribution < 1.29 is 0 Å². The topological polar surface area (TPSA) is 43.6 Å². The van der Waals surface area contributed by atoms with Gasteiger partial charge in [-0.2, -0.15) is 5.10 Å². The van der Waals surface area contributed by atoms with Crippen LogP contribution in [0.4, 0.5) is 0 Å². The number of rotatable bonds is 1. The average Bonchev–Trinajstić information content (AvgIpc) is 2.89. The third-order valence-corrected chi connectivity index (χ3v) is 3.59. The van der Waals surface area contributed by atoms with Crippen LogP contribution in [-0.2, 0) is 7.05 Å². The van der Waals surface area contributed by atoms with Gasteiger partial charge in [-0.3, -0.25) is 14.6 Å². The summed E-state index contributed by atoms with van der Waals surface area (Å²) in [5.41, 5.74) is 4.28. The zero-order chi connectivity index (χ0) is 13.5. The molecule has 1 aromatic carbocycles. The lowest BCUT2D eigenvalue weighted by atomic mass is 10.0. The predicted molar refractivity (Wildman–Crippen MR) is 79.2 cm³/mol. The van der Waals surface area contributed by atoms with Gasteiger partial charge in [-0.1, -0.05) is 12.1 Å². The van der Waals surface area contributed by atoms with Crippen LogP contribution in [0, 0.1) is 0 Å². The monoisotopic (exact) mass is 260 g/mol. The van der Waals surface area contributed by atoms with E-state index >= 15 is 0 Å². The number of aromatic nitrogens is 4. The van der Waals surface area contributed by atoms with Gasteiger partial charge in [0, 0.05) is 35.8 Å². The summed E-state index contributed by atoms with van der Waals surface area (Å²) in [6.45, 7) is 0. The highest BCUT2D eigenvalue weighted by molar-refractivity contribution is 6.05. The Balaban J connectivity index is 2.05. The molecule has 0 atom stereocenters. The molecule has 4 rings (SSSR count). The maximum absolute atomic E-state index is 4.50. The van der Waals surface area contributed by atoms with Crippen molar-refractivity contribution in [3.63, 3.8) is 0 Å². The number of hydrogen-bond acceptors (Lipinski definition) is 3. The Hall–Kier alpha value is -2.75. The van der Waals surface area contributed by atoms with Crippen molar-refractivity contribution in [1.29, 1.82) is 0 Å². The molecule has 0 unspecified atom stereocenters. The summed E-state index contributed by atoms with van der Waals surface area (Å²) in [6.07, 6.45) is 7.42. The maximum atomic E-state index is 4.50. The largest absolute Gasteiger partial charge is 0.266 e. The molecule has 4 heteroatoms. The van der Waals surface area contributed by atoms with Crippen molar-refractivity contribution in [2.75, 3.05) is 0 Å². The van der Waals surface area contributed by atoms with Gasteiger partial charge in [-0.25, -0.2) is 0 Å². The van der Waals surface area contributed by atoms with Crippen LogP contribution in [-0.4, -0.2) is 19.7 Å². The van der Waals surface area contributed by atoms with Crippen LogP contribution < -0.4 is 0 Å². The first-order chi connectivity index (χ1) is 9.83. The third kappa shape index (κ3) is 1.58. The van der Waals surface area contributed by atoms with Gasteiger partial charge in [0.2, 0.25) is 0 Å². The van der Waals surface area contributed by atoms with E-state index in [1.54, 1.807) is 6.20 Å². The van der Waals surface area contributed by atoms with Crippen LogP contribution in [0.25, 0.3) is 32.9 Å². The summed E-state index contributed by atoms with van der Waals surface area (Å²) in [6, 6.07) is 10.3. The molecule has 4 aromatic rings. The Bertz CT molecular complexity index is 910. The minimum atomic E-state index is 0.984. The summed E-state index contributed by atoms with van der Waals surface area (Å²) >= 11 is 0. The molecule has 0 amide bonds. The highest BCUT2D eigenvalue weighted by atomic mass is 15.2. The fraction of sp³-hybridized carbons (Fsp3) is 0.0625. The minimum absolute atomic E-state index is 0.984. The van der Waals surface area contributed by atoms with Gasteiger partial charge in [-0.05, 0) is 23.8 Å². The van der Waals surface area contributed by atoms with Crippen LogP contribution >= 0.6 is 0 Å². The van der Waals surface area contributed by atoms with Gasteiger partial charge in [0.25, 0.3) is 0 Å². The van der Waals surface area contributed by atoms with Gasteiger partial charge in [0.15, 0.2) is 0 Å². The molecule has 0 spiro atoms. The summed E-state index contributed by atoms with van der Waals surface area (Å²) in [4.78, 5) is 8.68. The summed E-state index contributed by atoms with van der Waals surface area (Å²) < 4.78 is 1.85. The zero-order valence-electron chi connectivity index (χ0n) is 11.0. The molecule has 3 aromatic heterocycles. The molecule has 3 heterocycles. The Labute approximate surface area is 115 Å². The lowest BCUT2D eigenvalue weighted by Gasteiger charge is -2.04. The smallest absolute Gasteiger partial charge is 0.0868 e. The fourth-order valence-electron chi connectivity index (χ4n) is 2.52. The van der Waals surface area contributed by atoms with E-state index in [2.05, 4.69) is 33.3 Å². The van der Waals surface area contributed by atoms with Crippen molar-refractivity contribution in [3.05, 3.63) is 55.1 Å². The molecule has 4 nitrogen and oxygen atoms in total. The second-order valence-corrected chi connectivity index (χ2v) is 4.80. The van der Waals surface area contributed by atoms with Crippen molar-refractivity contribution in [1.82, 2.24) is 19.7 Å². The van der Waals surface area contributed by atoms with E-state index in [0.29, 0.717) is 0 Å². The summed E-state index contributed by atoms with van der Waals surface area (Å²) in [5.74, 6) is 0. The van der Waals surface area contributed by atoms with E-state index in [0.717, 1.165) is 32.9 Å². The van der Waals surface area contributed by atoms with Gasteiger partial charge in [-0.15, -0.1) is 0 Å².